The van der Waals surface area contributed by atoms with Crippen LogP contribution in [0.5, 0.6) is 0 Å². The Labute approximate surface area is 98.2 Å². The molecule has 0 aliphatic carbocycles. The van der Waals surface area contributed by atoms with Crippen molar-refractivity contribution < 1.29 is 9.15 Å². The van der Waals surface area contributed by atoms with E-state index in [1.54, 1.807) is 7.11 Å². The molecule has 2 unspecified atom stereocenters. The van der Waals surface area contributed by atoms with E-state index in [4.69, 9.17) is 9.15 Å². The lowest BCUT2D eigenvalue weighted by Crippen LogP contribution is -2.31. The maximum atomic E-state index is 5.60. The average molecular weight is 225 g/mol. The van der Waals surface area contributed by atoms with Crippen LogP contribution in [-0.4, -0.2) is 13.2 Å². The lowest BCUT2D eigenvalue weighted by molar-refractivity contribution is 0.162. The number of hydrogen-bond donors (Lipinski definition) is 1. The number of ether oxygens (including phenoxy) is 1. The molecule has 2 atom stereocenters. The molecule has 0 saturated heterocycles. The van der Waals surface area contributed by atoms with Crippen molar-refractivity contribution in [2.75, 3.05) is 7.11 Å². The summed E-state index contributed by atoms with van der Waals surface area (Å²) < 4.78 is 10.6. The van der Waals surface area contributed by atoms with Gasteiger partial charge in [0.2, 0.25) is 0 Å². The Balaban J connectivity index is 2.36. The molecule has 92 valence electrons. The molecular weight excluding hydrogens is 202 g/mol. The summed E-state index contributed by atoms with van der Waals surface area (Å²) in [4.78, 5) is 0. The van der Waals surface area contributed by atoms with E-state index in [1.165, 1.54) is 6.42 Å². The molecule has 16 heavy (non-hydrogen) atoms. The molecule has 3 heteroatoms. The summed E-state index contributed by atoms with van der Waals surface area (Å²) in [5.41, 5.74) is 0. The molecule has 1 rings (SSSR count). The maximum absolute atomic E-state index is 5.60. The van der Waals surface area contributed by atoms with Gasteiger partial charge in [0.05, 0.1) is 6.54 Å². The summed E-state index contributed by atoms with van der Waals surface area (Å²) in [6.45, 7) is 8.02. The van der Waals surface area contributed by atoms with Gasteiger partial charge in [0.1, 0.15) is 18.1 Å². The summed E-state index contributed by atoms with van der Waals surface area (Å²) in [5, 5.41) is 3.47. The van der Waals surface area contributed by atoms with Crippen LogP contribution in [0.4, 0.5) is 0 Å². The lowest BCUT2D eigenvalue weighted by atomic mass is 10.0. The van der Waals surface area contributed by atoms with Gasteiger partial charge in [0.15, 0.2) is 0 Å². The van der Waals surface area contributed by atoms with Crippen molar-refractivity contribution in [1.82, 2.24) is 5.32 Å². The third-order valence-corrected chi connectivity index (χ3v) is 3.10. The van der Waals surface area contributed by atoms with Crippen molar-refractivity contribution in [3.05, 3.63) is 23.7 Å². The van der Waals surface area contributed by atoms with E-state index >= 15 is 0 Å². The van der Waals surface area contributed by atoms with Gasteiger partial charge in [0.25, 0.3) is 0 Å². The molecule has 0 saturated carbocycles. The van der Waals surface area contributed by atoms with Crippen molar-refractivity contribution in [2.45, 2.75) is 46.4 Å². The van der Waals surface area contributed by atoms with Crippen molar-refractivity contribution in [3.63, 3.8) is 0 Å². The molecule has 0 aliphatic heterocycles. The maximum Gasteiger partial charge on any atom is 0.129 e. The smallest absolute Gasteiger partial charge is 0.129 e. The second kappa shape index (κ2) is 6.71. The largest absolute Gasteiger partial charge is 0.462 e. The normalized spacial score (nSPS) is 15.0. The fourth-order valence-electron chi connectivity index (χ4n) is 1.55. The number of nitrogens with one attached hydrogen (secondary N) is 1. The zero-order valence-corrected chi connectivity index (χ0v) is 10.7. The minimum atomic E-state index is 0.515. The molecule has 0 amide bonds. The van der Waals surface area contributed by atoms with E-state index < -0.39 is 0 Å². The zero-order valence-electron chi connectivity index (χ0n) is 10.7. The Morgan fingerprint density at radius 1 is 1.31 bits per heavy atom. The first kappa shape index (κ1) is 13.3. The summed E-state index contributed by atoms with van der Waals surface area (Å²) in [5.74, 6) is 2.55. The van der Waals surface area contributed by atoms with Crippen LogP contribution in [0.25, 0.3) is 0 Å². The highest BCUT2D eigenvalue weighted by atomic mass is 16.5. The van der Waals surface area contributed by atoms with Crippen LogP contribution in [0.15, 0.2) is 16.5 Å². The first-order valence-electron chi connectivity index (χ1n) is 5.97. The van der Waals surface area contributed by atoms with Crippen molar-refractivity contribution in [2.24, 2.45) is 5.92 Å². The molecule has 0 aliphatic rings. The van der Waals surface area contributed by atoms with Gasteiger partial charge in [0, 0.05) is 13.2 Å². The Bertz CT molecular complexity index is 296. The van der Waals surface area contributed by atoms with Crippen molar-refractivity contribution in [3.8, 4) is 0 Å². The van der Waals surface area contributed by atoms with Gasteiger partial charge in [-0.2, -0.15) is 0 Å². The van der Waals surface area contributed by atoms with Crippen molar-refractivity contribution >= 4 is 0 Å². The zero-order chi connectivity index (χ0) is 12.0. The minimum absolute atomic E-state index is 0.515. The highest BCUT2D eigenvalue weighted by Gasteiger charge is 2.10. The molecular formula is C13H23NO2. The van der Waals surface area contributed by atoms with Gasteiger partial charge in [-0.05, 0) is 25.0 Å². The fraction of sp³-hybridized carbons (Fsp3) is 0.692. The Hall–Kier alpha value is -0.800. The van der Waals surface area contributed by atoms with Gasteiger partial charge < -0.3 is 14.5 Å². The SMILES string of the molecule is CCC(C)C(C)NCc1ccc(COC)o1. The third-order valence-electron chi connectivity index (χ3n) is 3.10. The highest BCUT2D eigenvalue weighted by molar-refractivity contribution is 5.06. The minimum Gasteiger partial charge on any atom is -0.462 e. The standard InChI is InChI=1S/C13H23NO2/c1-5-10(2)11(3)14-8-12-6-7-13(16-12)9-15-4/h6-7,10-11,14H,5,8-9H2,1-4H3. The fourth-order valence-corrected chi connectivity index (χ4v) is 1.55. The summed E-state index contributed by atoms with van der Waals surface area (Å²) in [6, 6.07) is 4.49. The van der Waals surface area contributed by atoms with Gasteiger partial charge in [-0.3, -0.25) is 0 Å². The van der Waals surface area contributed by atoms with Crippen molar-refractivity contribution in [1.29, 1.82) is 0 Å². The number of furan rings is 1. The molecule has 1 aromatic heterocycles. The summed E-state index contributed by atoms with van der Waals surface area (Å²) >= 11 is 0. The Morgan fingerprint density at radius 3 is 2.62 bits per heavy atom. The van der Waals surface area contributed by atoms with Crippen LogP contribution in [0.1, 0.15) is 38.7 Å². The molecule has 1 aromatic rings. The van der Waals surface area contributed by atoms with E-state index in [0.717, 1.165) is 18.1 Å². The predicted molar refractivity (Wildman–Crippen MR) is 65.2 cm³/mol. The molecule has 0 spiro atoms. The summed E-state index contributed by atoms with van der Waals surface area (Å²) in [6.07, 6.45) is 1.20. The molecule has 1 N–H and O–H groups in total. The Morgan fingerprint density at radius 2 is 2.00 bits per heavy atom. The van der Waals surface area contributed by atoms with Crippen LogP contribution in [-0.2, 0) is 17.9 Å². The second-order valence-corrected chi connectivity index (χ2v) is 4.36. The monoisotopic (exact) mass is 225 g/mol. The molecule has 0 radical (unpaired) electrons. The quantitative estimate of drug-likeness (QED) is 0.774. The van der Waals surface area contributed by atoms with Crippen LogP contribution in [0.3, 0.4) is 0 Å². The number of hydrogen-bond acceptors (Lipinski definition) is 3. The van der Waals surface area contributed by atoms with Gasteiger partial charge in [-0.15, -0.1) is 0 Å². The van der Waals surface area contributed by atoms with Gasteiger partial charge >= 0.3 is 0 Å². The van der Waals surface area contributed by atoms with Crippen LogP contribution in [0.2, 0.25) is 0 Å². The van der Waals surface area contributed by atoms with E-state index in [-0.39, 0.29) is 0 Å². The van der Waals surface area contributed by atoms with E-state index in [0.29, 0.717) is 18.6 Å². The van der Waals surface area contributed by atoms with E-state index in [2.05, 4.69) is 26.1 Å². The summed E-state index contributed by atoms with van der Waals surface area (Å²) in [7, 11) is 1.67. The van der Waals surface area contributed by atoms with Crippen LogP contribution >= 0.6 is 0 Å². The van der Waals surface area contributed by atoms with Gasteiger partial charge in [-0.1, -0.05) is 20.3 Å². The van der Waals surface area contributed by atoms with E-state index in [1.807, 2.05) is 12.1 Å². The topological polar surface area (TPSA) is 34.4 Å². The Kier molecular flexibility index (Phi) is 5.56. The third kappa shape index (κ3) is 3.99. The second-order valence-electron chi connectivity index (χ2n) is 4.36. The highest BCUT2D eigenvalue weighted by Crippen LogP contribution is 2.11. The van der Waals surface area contributed by atoms with Crippen LogP contribution < -0.4 is 5.32 Å². The molecule has 0 fully saturated rings. The molecule has 0 aromatic carbocycles. The first-order chi connectivity index (χ1) is 7.67. The van der Waals surface area contributed by atoms with Gasteiger partial charge in [-0.25, -0.2) is 0 Å². The molecule has 1 heterocycles. The average Bonchev–Trinajstić information content (AvgIpc) is 2.73. The number of methoxy groups -OCH3 is 1. The lowest BCUT2D eigenvalue weighted by Gasteiger charge is -2.19. The van der Waals surface area contributed by atoms with Crippen LogP contribution in [0, 0.1) is 5.92 Å². The predicted octanol–water partition coefficient (Wildman–Crippen LogP) is 2.95. The first-order valence-corrected chi connectivity index (χ1v) is 5.97. The van der Waals surface area contributed by atoms with E-state index in [9.17, 15) is 0 Å². The molecule has 3 nitrogen and oxygen atoms in total. The molecule has 0 bridgehead atoms. The number of rotatable bonds is 7.